The number of carbonyl (C=O) groups excluding carboxylic acids is 2. The summed E-state index contributed by atoms with van der Waals surface area (Å²) in [5.41, 5.74) is 1.95. The zero-order valence-corrected chi connectivity index (χ0v) is 25.6. The predicted octanol–water partition coefficient (Wildman–Crippen LogP) is 6.11. The molecule has 9 heteroatoms. The Balaban J connectivity index is 1.98. The monoisotopic (exact) mass is 592 g/mol. The molecule has 1 heterocycles. The van der Waals surface area contributed by atoms with E-state index in [1.165, 1.54) is 0 Å². The van der Waals surface area contributed by atoms with Crippen molar-refractivity contribution in [1.82, 2.24) is 9.62 Å². The van der Waals surface area contributed by atoms with Gasteiger partial charge in [-0.1, -0.05) is 94.3 Å². The summed E-state index contributed by atoms with van der Waals surface area (Å²) in [6.07, 6.45) is 5.52. The van der Waals surface area contributed by atoms with E-state index in [0.717, 1.165) is 45.0 Å². The molecule has 3 aromatic rings. The van der Waals surface area contributed by atoms with Crippen LogP contribution < -0.4 is 14.2 Å². The molecule has 3 aromatic carbocycles. The lowest BCUT2D eigenvalue weighted by Gasteiger charge is -2.32. The zero-order valence-electron chi connectivity index (χ0n) is 24.8. The van der Waals surface area contributed by atoms with Gasteiger partial charge in [-0.2, -0.15) is 4.72 Å². The third kappa shape index (κ3) is 7.27. The minimum atomic E-state index is -3.83. The molecule has 0 saturated carbocycles. The fourth-order valence-corrected chi connectivity index (χ4v) is 5.91. The molecule has 2 unspecified atom stereocenters. The van der Waals surface area contributed by atoms with Gasteiger partial charge in [-0.05, 0) is 24.8 Å². The number of hydrogen-bond donors (Lipinski definition) is 1. The Morgan fingerprint density at radius 2 is 1.57 bits per heavy atom. The smallest absolute Gasteiger partial charge is 0.334 e. The number of unbranched alkanes of at least 4 members (excludes halogenated alkanes) is 2. The average Bonchev–Trinajstić information content (AvgIpc) is 3.28. The molecule has 1 aliphatic heterocycles. The van der Waals surface area contributed by atoms with E-state index >= 15 is 0 Å². The molecule has 0 aromatic heterocycles. The highest BCUT2D eigenvalue weighted by molar-refractivity contribution is 7.88. The second-order valence-electron chi connectivity index (χ2n) is 10.6. The summed E-state index contributed by atoms with van der Waals surface area (Å²) in [5.74, 6) is -0.652. The van der Waals surface area contributed by atoms with Crippen molar-refractivity contribution in [3.05, 3.63) is 83.4 Å². The highest BCUT2D eigenvalue weighted by Crippen LogP contribution is 2.47. The highest BCUT2D eigenvalue weighted by Gasteiger charge is 2.42. The van der Waals surface area contributed by atoms with E-state index in [-0.39, 0.29) is 28.9 Å². The molecule has 4 rings (SSSR count). The first-order valence-electron chi connectivity index (χ1n) is 14.6. The van der Waals surface area contributed by atoms with E-state index in [4.69, 9.17) is 9.47 Å². The number of esters is 1. The fourth-order valence-electron chi connectivity index (χ4n) is 5.27. The molecule has 0 radical (unpaired) electrons. The van der Waals surface area contributed by atoms with E-state index in [9.17, 15) is 18.0 Å². The van der Waals surface area contributed by atoms with Gasteiger partial charge >= 0.3 is 5.97 Å². The molecular formula is C33H40N2O6S. The summed E-state index contributed by atoms with van der Waals surface area (Å²) in [4.78, 5) is 29.8. The Bertz CT molecular complexity index is 1480. The molecule has 8 nitrogen and oxygen atoms in total. The topological polar surface area (TPSA) is 102 Å². The standard InChI is InChI=1S/C33H40N2O6S/c1-5-8-20-35(21-9-6-2)27(7-3)40-25-22-26-29(31(33(37)41-26)34-42(4,38)39)30(28(25)23-16-12-10-13-17-23)32(36)24-18-14-11-15-19-24/h10-19,22,27,31,34H,5-9,20-21H2,1-4H3. The van der Waals surface area contributed by atoms with Crippen LogP contribution in [0.5, 0.6) is 11.5 Å². The van der Waals surface area contributed by atoms with Crippen LogP contribution in [0, 0.1) is 0 Å². The molecule has 0 spiro atoms. The van der Waals surface area contributed by atoms with Gasteiger partial charge in [-0.15, -0.1) is 0 Å². The van der Waals surface area contributed by atoms with Crippen LogP contribution in [-0.2, 0) is 14.8 Å². The van der Waals surface area contributed by atoms with Crippen LogP contribution in [-0.4, -0.2) is 50.6 Å². The molecule has 0 bridgehead atoms. The molecule has 0 fully saturated rings. The molecule has 0 saturated heterocycles. The third-order valence-corrected chi connectivity index (χ3v) is 7.97. The van der Waals surface area contributed by atoms with Crippen LogP contribution in [0.3, 0.4) is 0 Å². The maximum absolute atomic E-state index is 14.3. The van der Waals surface area contributed by atoms with Gasteiger partial charge < -0.3 is 9.47 Å². The van der Waals surface area contributed by atoms with E-state index in [0.29, 0.717) is 28.9 Å². The Labute approximate surface area is 249 Å². The molecule has 0 aliphatic carbocycles. The highest BCUT2D eigenvalue weighted by atomic mass is 32.2. The number of carbonyl (C=O) groups is 2. The lowest BCUT2D eigenvalue weighted by Crippen LogP contribution is -2.40. The van der Waals surface area contributed by atoms with Crippen LogP contribution >= 0.6 is 0 Å². The first-order valence-corrected chi connectivity index (χ1v) is 16.5. The number of fused-ring (bicyclic) bond motifs is 1. The van der Waals surface area contributed by atoms with Crippen molar-refractivity contribution in [1.29, 1.82) is 0 Å². The quantitative estimate of drug-likeness (QED) is 0.0983. The minimum Gasteiger partial charge on any atom is -0.474 e. The van der Waals surface area contributed by atoms with Crippen LogP contribution in [0.15, 0.2) is 66.7 Å². The Morgan fingerprint density at radius 3 is 2.12 bits per heavy atom. The normalized spacial score (nSPS) is 15.4. The number of hydrogen-bond acceptors (Lipinski definition) is 7. The molecule has 2 atom stereocenters. The number of rotatable bonds is 15. The molecule has 1 aliphatic rings. The van der Waals surface area contributed by atoms with Gasteiger partial charge in [-0.25, -0.2) is 13.2 Å². The van der Waals surface area contributed by atoms with Crippen molar-refractivity contribution < 1.29 is 27.5 Å². The van der Waals surface area contributed by atoms with Crippen molar-refractivity contribution >= 4 is 21.8 Å². The summed E-state index contributed by atoms with van der Waals surface area (Å²) in [6, 6.07) is 18.3. The van der Waals surface area contributed by atoms with Crippen molar-refractivity contribution in [2.75, 3.05) is 19.3 Å². The number of ketones is 1. The Hall–Kier alpha value is -3.53. The molecule has 224 valence electrons. The summed E-state index contributed by atoms with van der Waals surface area (Å²) >= 11 is 0. The van der Waals surface area contributed by atoms with Gasteiger partial charge in [0.2, 0.25) is 10.0 Å². The lowest BCUT2D eigenvalue weighted by atomic mass is 9.87. The third-order valence-electron chi connectivity index (χ3n) is 7.30. The predicted molar refractivity (Wildman–Crippen MR) is 164 cm³/mol. The maximum atomic E-state index is 14.3. The number of nitrogens with zero attached hydrogens (tertiary/aromatic N) is 1. The Morgan fingerprint density at radius 1 is 0.976 bits per heavy atom. The van der Waals surface area contributed by atoms with Gasteiger partial charge in [0.25, 0.3) is 0 Å². The average molecular weight is 593 g/mol. The van der Waals surface area contributed by atoms with Crippen molar-refractivity contribution in [2.45, 2.75) is 65.1 Å². The number of benzene rings is 3. The molecule has 42 heavy (non-hydrogen) atoms. The molecule has 0 amide bonds. The van der Waals surface area contributed by atoms with Crippen molar-refractivity contribution in [3.8, 4) is 22.6 Å². The second kappa shape index (κ2) is 14.1. The van der Waals surface area contributed by atoms with Crippen LogP contribution in [0.25, 0.3) is 11.1 Å². The first kappa shape index (κ1) is 31.4. The number of nitrogens with one attached hydrogen (secondary N) is 1. The number of sulfonamides is 1. The van der Waals surface area contributed by atoms with Crippen LogP contribution in [0.4, 0.5) is 0 Å². The van der Waals surface area contributed by atoms with E-state index < -0.39 is 22.0 Å². The number of ether oxygens (including phenoxy) is 2. The van der Waals surface area contributed by atoms with Crippen molar-refractivity contribution in [3.63, 3.8) is 0 Å². The largest absolute Gasteiger partial charge is 0.474 e. The van der Waals surface area contributed by atoms with Gasteiger partial charge in [-0.3, -0.25) is 9.69 Å². The second-order valence-corrected chi connectivity index (χ2v) is 12.3. The van der Waals surface area contributed by atoms with E-state index in [2.05, 4.69) is 30.4 Å². The SMILES string of the molecule is CCCCN(CCCC)C(CC)Oc1cc2c(c(C(=O)c3ccccc3)c1-c1ccccc1)C(NS(C)(=O)=O)C(=O)O2. The van der Waals surface area contributed by atoms with Gasteiger partial charge in [0.1, 0.15) is 17.5 Å². The summed E-state index contributed by atoms with van der Waals surface area (Å²) < 4.78 is 39.4. The summed E-state index contributed by atoms with van der Waals surface area (Å²) in [7, 11) is -3.83. The summed E-state index contributed by atoms with van der Waals surface area (Å²) in [5, 5.41) is 0. The lowest BCUT2D eigenvalue weighted by molar-refractivity contribution is -0.134. The zero-order chi connectivity index (χ0) is 30.3. The van der Waals surface area contributed by atoms with Crippen molar-refractivity contribution in [2.24, 2.45) is 0 Å². The summed E-state index contributed by atoms with van der Waals surface area (Å²) in [6.45, 7) is 8.11. The van der Waals surface area contributed by atoms with Gasteiger partial charge in [0, 0.05) is 41.4 Å². The molecule has 1 N–H and O–H groups in total. The van der Waals surface area contributed by atoms with E-state index in [1.54, 1.807) is 30.3 Å². The van der Waals surface area contributed by atoms with Gasteiger partial charge in [0.15, 0.2) is 12.0 Å². The molecular weight excluding hydrogens is 552 g/mol. The van der Waals surface area contributed by atoms with E-state index in [1.807, 2.05) is 36.4 Å². The Kier molecular flexibility index (Phi) is 10.5. The van der Waals surface area contributed by atoms with Crippen LogP contribution in [0.1, 0.15) is 80.4 Å². The minimum absolute atomic E-state index is 0.110. The van der Waals surface area contributed by atoms with Gasteiger partial charge in [0.05, 0.1) is 6.26 Å². The fraction of sp³-hybridized carbons (Fsp3) is 0.394. The first-order chi connectivity index (χ1) is 20.2. The maximum Gasteiger partial charge on any atom is 0.334 e. The van der Waals surface area contributed by atoms with Crippen LogP contribution in [0.2, 0.25) is 0 Å².